The van der Waals surface area contributed by atoms with E-state index in [0.717, 1.165) is 37.9 Å². The zero-order chi connectivity index (χ0) is 14.4. The molecule has 0 unspecified atom stereocenters. The molecule has 0 spiro atoms. The molecule has 0 radical (unpaired) electrons. The molecule has 1 aromatic rings. The normalized spacial score (nSPS) is 19.9. The van der Waals surface area contributed by atoms with Crippen LogP contribution in [0.4, 0.5) is 4.39 Å². The van der Waals surface area contributed by atoms with E-state index in [2.05, 4.69) is 4.90 Å². The summed E-state index contributed by atoms with van der Waals surface area (Å²) >= 11 is 0. The van der Waals surface area contributed by atoms with E-state index in [0.29, 0.717) is 12.5 Å². The molecule has 3 nitrogen and oxygen atoms in total. The third-order valence-corrected chi connectivity index (χ3v) is 3.98. The third kappa shape index (κ3) is 4.93. The van der Waals surface area contributed by atoms with Crippen molar-refractivity contribution < 1.29 is 14.3 Å². The van der Waals surface area contributed by atoms with Gasteiger partial charge in [0.25, 0.3) is 0 Å². The highest BCUT2D eigenvalue weighted by Gasteiger charge is 2.20. The summed E-state index contributed by atoms with van der Waals surface area (Å²) in [7, 11) is 0. The summed E-state index contributed by atoms with van der Waals surface area (Å²) in [5.41, 5.74) is 1.05. The smallest absolute Gasteiger partial charge is 0.304 e. The first-order valence-electron chi connectivity index (χ1n) is 7.32. The van der Waals surface area contributed by atoms with Crippen LogP contribution in [-0.4, -0.2) is 35.6 Å². The molecule has 110 valence electrons. The molecule has 1 saturated heterocycles. The maximum atomic E-state index is 13.1. The quantitative estimate of drug-likeness (QED) is 0.870. The second-order valence-electron chi connectivity index (χ2n) is 5.62. The van der Waals surface area contributed by atoms with Crippen molar-refractivity contribution in [3.05, 3.63) is 35.6 Å². The Kier molecular flexibility index (Phi) is 5.53. The number of aryl methyl sites for hydroxylation is 1. The van der Waals surface area contributed by atoms with Crippen LogP contribution in [0.5, 0.6) is 0 Å². The summed E-state index contributed by atoms with van der Waals surface area (Å²) in [6, 6.07) is 6.79. The van der Waals surface area contributed by atoms with Gasteiger partial charge in [0.15, 0.2) is 0 Å². The van der Waals surface area contributed by atoms with Gasteiger partial charge in [0, 0.05) is 13.1 Å². The van der Waals surface area contributed by atoms with Gasteiger partial charge in [-0.25, -0.2) is 4.39 Å². The molecular formula is C16H22FNO2. The Balaban J connectivity index is 1.76. The first-order chi connectivity index (χ1) is 9.63. The molecule has 20 heavy (non-hydrogen) atoms. The SMILES string of the molecule is O=C(O)CCN1CCC[C@@H](CCc2cccc(F)c2)C1. The summed E-state index contributed by atoms with van der Waals surface area (Å²) in [6.07, 6.45) is 4.49. The number of aliphatic carboxylic acids is 1. The van der Waals surface area contributed by atoms with E-state index in [1.54, 1.807) is 12.1 Å². The summed E-state index contributed by atoms with van der Waals surface area (Å²) in [5, 5.41) is 8.73. The van der Waals surface area contributed by atoms with Gasteiger partial charge in [-0.05, 0) is 55.8 Å². The van der Waals surface area contributed by atoms with Gasteiger partial charge in [0.1, 0.15) is 5.82 Å². The zero-order valence-electron chi connectivity index (χ0n) is 11.7. The largest absolute Gasteiger partial charge is 0.481 e. The molecular weight excluding hydrogens is 257 g/mol. The van der Waals surface area contributed by atoms with Crippen LogP contribution in [0.1, 0.15) is 31.2 Å². The molecule has 1 fully saturated rings. The first kappa shape index (κ1) is 15.0. The van der Waals surface area contributed by atoms with Crippen molar-refractivity contribution in [2.75, 3.05) is 19.6 Å². The van der Waals surface area contributed by atoms with Crippen molar-refractivity contribution in [1.82, 2.24) is 4.90 Å². The fourth-order valence-corrected chi connectivity index (χ4v) is 2.91. The zero-order valence-corrected chi connectivity index (χ0v) is 11.7. The van der Waals surface area contributed by atoms with Crippen molar-refractivity contribution >= 4 is 5.97 Å². The van der Waals surface area contributed by atoms with Crippen LogP contribution in [0.15, 0.2) is 24.3 Å². The number of piperidine rings is 1. The molecule has 1 N–H and O–H groups in total. The molecule has 0 saturated carbocycles. The molecule has 1 atom stereocenters. The molecule has 1 aromatic carbocycles. The lowest BCUT2D eigenvalue weighted by molar-refractivity contribution is -0.137. The Labute approximate surface area is 119 Å². The minimum atomic E-state index is -0.730. The van der Waals surface area contributed by atoms with E-state index in [-0.39, 0.29) is 12.2 Å². The maximum absolute atomic E-state index is 13.1. The van der Waals surface area contributed by atoms with Crippen molar-refractivity contribution in [1.29, 1.82) is 0 Å². The fourth-order valence-electron chi connectivity index (χ4n) is 2.91. The molecule has 1 heterocycles. The predicted octanol–water partition coefficient (Wildman–Crippen LogP) is 2.95. The average molecular weight is 279 g/mol. The second-order valence-corrected chi connectivity index (χ2v) is 5.62. The van der Waals surface area contributed by atoms with Crippen molar-refractivity contribution in [3.8, 4) is 0 Å². The number of hydrogen-bond acceptors (Lipinski definition) is 2. The van der Waals surface area contributed by atoms with Crippen molar-refractivity contribution in [3.63, 3.8) is 0 Å². The van der Waals surface area contributed by atoms with Gasteiger partial charge in [-0.2, -0.15) is 0 Å². The number of halogens is 1. The Hall–Kier alpha value is -1.42. The molecule has 4 heteroatoms. The third-order valence-electron chi connectivity index (χ3n) is 3.98. The van der Waals surface area contributed by atoms with Gasteiger partial charge >= 0.3 is 5.97 Å². The van der Waals surface area contributed by atoms with Crippen LogP contribution in [0.25, 0.3) is 0 Å². The van der Waals surface area contributed by atoms with E-state index in [1.807, 2.05) is 6.07 Å². The van der Waals surface area contributed by atoms with E-state index < -0.39 is 5.97 Å². The number of carbonyl (C=O) groups is 1. The molecule has 1 aliphatic rings. The van der Waals surface area contributed by atoms with Gasteiger partial charge in [0.05, 0.1) is 6.42 Å². The van der Waals surface area contributed by atoms with Gasteiger partial charge in [-0.3, -0.25) is 4.79 Å². The minimum absolute atomic E-state index is 0.172. The lowest BCUT2D eigenvalue weighted by Gasteiger charge is -2.32. The highest BCUT2D eigenvalue weighted by Crippen LogP contribution is 2.21. The molecule has 2 rings (SSSR count). The second kappa shape index (κ2) is 7.39. The highest BCUT2D eigenvalue weighted by atomic mass is 19.1. The van der Waals surface area contributed by atoms with Gasteiger partial charge in [0.2, 0.25) is 0 Å². The van der Waals surface area contributed by atoms with Crippen LogP contribution in [0.2, 0.25) is 0 Å². The van der Waals surface area contributed by atoms with E-state index in [9.17, 15) is 9.18 Å². The van der Waals surface area contributed by atoms with E-state index >= 15 is 0 Å². The Morgan fingerprint density at radius 3 is 3.05 bits per heavy atom. The number of nitrogens with zero attached hydrogens (tertiary/aromatic N) is 1. The lowest BCUT2D eigenvalue weighted by atomic mass is 9.91. The number of carboxylic acids is 1. The summed E-state index contributed by atoms with van der Waals surface area (Å²) < 4.78 is 13.1. The Morgan fingerprint density at radius 1 is 1.45 bits per heavy atom. The van der Waals surface area contributed by atoms with Crippen LogP contribution < -0.4 is 0 Å². The van der Waals surface area contributed by atoms with Gasteiger partial charge < -0.3 is 10.0 Å². The summed E-state index contributed by atoms with van der Waals surface area (Å²) in [4.78, 5) is 12.8. The molecule has 0 aromatic heterocycles. The fraction of sp³-hybridized carbons (Fsp3) is 0.562. The lowest BCUT2D eigenvalue weighted by Crippen LogP contribution is -2.36. The molecule has 1 aliphatic heterocycles. The summed E-state index contributed by atoms with van der Waals surface area (Å²) in [6.45, 7) is 2.62. The number of likely N-dealkylation sites (tertiary alicyclic amines) is 1. The average Bonchev–Trinajstić information content (AvgIpc) is 2.43. The minimum Gasteiger partial charge on any atom is -0.481 e. The number of rotatable bonds is 6. The standard InChI is InChI=1S/C16H22FNO2/c17-15-5-1-3-13(11-15)6-7-14-4-2-9-18(12-14)10-8-16(19)20/h1,3,5,11,14H,2,4,6-10,12H2,(H,19,20)/t14-/m0/s1. The van der Waals surface area contributed by atoms with E-state index in [4.69, 9.17) is 5.11 Å². The maximum Gasteiger partial charge on any atom is 0.304 e. The summed E-state index contributed by atoms with van der Waals surface area (Å²) in [5.74, 6) is -0.304. The predicted molar refractivity (Wildman–Crippen MR) is 76.1 cm³/mol. The van der Waals surface area contributed by atoms with Crippen LogP contribution in [0, 0.1) is 11.7 Å². The topological polar surface area (TPSA) is 40.5 Å². The van der Waals surface area contributed by atoms with Crippen LogP contribution in [-0.2, 0) is 11.2 Å². The molecule has 0 aliphatic carbocycles. The monoisotopic (exact) mass is 279 g/mol. The number of carboxylic acid groups (broad SMARTS) is 1. The Morgan fingerprint density at radius 2 is 2.30 bits per heavy atom. The first-order valence-corrected chi connectivity index (χ1v) is 7.32. The van der Waals surface area contributed by atoms with E-state index in [1.165, 1.54) is 12.5 Å². The molecule has 0 bridgehead atoms. The van der Waals surface area contributed by atoms with Crippen LogP contribution in [0.3, 0.4) is 0 Å². The van der Waals surface area contributed by atoms with Gasteiger partial charge in [-0.15, -0.1) is 0 Å². The van der Waals surface area contributed by atoms with Crippen molar-refractivity contribution in [2.45, 2.75) is 32.1 Å². The Bertz CT molecular complexity index is 450. The highest BCUT2D eigenvalue weighted by molar-refractivity contribution is 5.66. The molecule has 0 amide bonds. The number of benzene rings is 1. The van der Waals surface area contributed by atoms with Gasteiger partial charge in [-0.1, -0.05) is 12.1 Å². The number of hydrogen-bond donors (Lipinski definition) is 1. The van der Waals surface area contributed by atoms with Crippen LogP contribution >= 0.6 is 0 Å². The van der Waals surface area contributed by atoms with Crippen molar-refractivity contribution in [2.24, 2.45) is 5.92 Å².